The van der Waals surface area contributed by atoms with Gasteiger partial charge in [0, 0.05) is 11.0 Å². The fraction of sp³-hybridized carbons (Fsp3) is 0.143. The molecule has 4 nitrogen and oxygen atoms in total. The van der Waals surface area contributed by atoms with Crippen LogP contribution in [0.5, 0.6) is 0 Å². The van der Waals surface area contributed by atoms with Crippen molar-refractivity contribution < 1.29 is 18.7 Å². The zero-order chi connectivity index (χ0) is 14.5. The molecule has 0 amide bonds. The maximum Gasteiger partial charge on any atom is 0.331 e. The molecule has 2 aromatic rings. The van der Waals surface area contributed by atoms with Crippen molar-refractivity contribution in [1.29, 1.82) is 0 Å². The number of rotatable bonds is 5. The molecule has 0 aliphatic rings. The smallest absolute Gasteiger partial charge is 0.331 e. The predicted octanol–water partition coefficient (Wildman–Crippen LogP) is 3.85. The third-order valence-electron chi connectivity index (χ3n) is 2.34. The predicted molar refractivity (Wildman–Crippen MR) is 79.8 cm³/mol. The molecule has 0 aliphatic heterocycles. The molecule has 104 valence electrons. The van der Waals surface area contributed by atoms with Crippen LogP contribution in [0.2, 0.25) is 0 Å². The number of hydrogen-bond acceptors (Lipinski definition) is 5. The van der Waals surface area contributed by atoms with Crippen LogP contribution in [-0.4, -0.2) is 18.4 Å². The Bertz CT molecular complexity index is 654. The number of carbonyl (C=O) groups excluding carboxylic acids is 2. The summed E-state index contributed by atoms with van der Waals surface area (Å²) in [6.07, 6.45) is 2.70. The van der Waals surface area contributed by atoms with E-state index in [4.69, 9.17) is 9.15 Å². The summed E-state index contributed by atoms with van der Waals surface area (Å²) in [5, 5.41) is 0. The maximum atomic E-state index is 11.7. The molecule has 0 aromatic carbocycles. The minimum absolute atomic E-state index is 0.203. The lowest BCUT2D eigenvalue weighted by molar-refractivity contribution is -0.136. The van der Waals surface area contributed by atoms with E-state index in [2.05, 4.69) is 15.9 Å². The Morgan fingerprint density at radius 3 is 2.75 bits per heavy atom. The van der Waals surface area contributed by atoms with Gasteiger partial charge in [-0.3, -0.25) is 4.79 Å². The molecule has 2 aromatic heterocycles. The van der Waals surface area contributed by atoms with E-state index in [0.717, 1.165) is 4.88 Å². The quantitative estimate of drug-likeness (QED) is 0.464. The van der Waals surface area contributed by atoms with Gasteiger partial charge in [0.15, 0.2) is 11.3 Å². The van der Waals surface area contributed by atoms with Gasteiger partial charge in [0.05, 0.1) is 4.88 Å². The minimum Gasteiger partial charge on any atom is -0.454 e. The van der Waals surface area contributed by atoms with Crippen molar-refractivity contribution >= 4 is 45.1 Å². The van der Waals surface area contributed by atoms with Gasteiger partial charge in [0.25, 0.3) is 0 Å². The molecule has 0 spiro atoms. The van der Waals surface area contributed by atoms with Crippen LogP contribution in [-0.2, 0) is 9.53 Å². The Kier molecular flexibility index (Phi) is 4.92. The Hall–Kier alpha value is -1.66. The first-order chi connectivity index (χ1) is 9.54. The molecule has 2 rings (SSSR count). The molecule has 0 aliphatic carbocycles. The number of ketones is 1. The molecule has 0 radical (unpaired) electrons. The van der Waals surface area contributed by atoms with E-state index >= 15 is 0 Å². The summed E-state index contributed by atoms with van der Waals surface area (Å²) < 4.78 is 10.6. The average molecular weight is 355 g/mol. The number of ether oxygens (including phenoxy) is 1. The first kappa shape index (κ1) is 14.7. The van der Waals surface area contributed by atoms with Gasteiger partial charge in [-0.2, -0.15) is 0 Å². The lowest BCUT2D eigenvalue weighted by Crippen LogP contribution is -2.11. The Balaban J connectivity index is 1.83. The summed E-state index contributed by atoms with van der Waals surface area (Å²) in [7, 11) is 0. The van der Waals surface area contributed by atoms with Crippen LogP contribution in [0.15, 0.2) is 39.4 Å². The van der Waals surface area contributed by atoms with E-state index in [0.29, 0.717) is 15.3 Å². The maximum absolute atomic E-state index is 11.7. The second-order valence-electron chi connectivity index (χ2n) is 3.92. The molecular weight excluding hydrogens is 344 g/mol. The van der Waals surface area contributed by atoms with Crippen molar-refractivity contribution in [2.75, 3.05) is 6.61 Å². The Labute approximate surface area is 128 Å². The average Bonchev–Trinajstić information content (AvgIpc) is 3.02. The van der Waals surface area contributed by atoms with E-state index in [9.17, 15) is 9.59 Å². The fourth-order valence-electron chi connectivity index (χ4n) is 1.41. The van der Waals surface area contributed by atoms with Gasteiger partial charge in [-0.05, 0) is 53.2 Å². The molecule has 0 bridgehead atoms. The first-order valence-electron chi connectivity index (χ1n) is 5.74. The molecule has 6 heteroatoms. The number of furan rings is 1. The number of halogens is 1. The van der Waals surface area contributed by atoms with Crippen LogP contribution in [0.4, 0.5) is 0 Å². The van der Waals surface area contributed by atoms with Gasteiger partial charge in [0.2, 0.25) is 5.78 Å². The normalized spacial score (nSPS) is 10.9. The highest BCUT2D eigenvalue weighted by Crippen LogP contribution is 2.16. The van der Waals surface area contributed by atoms with Crippen LogP contribution in [0, 0.1) is 6.92 Å². The molecule has 0 saturated carbocycles. The molecule has 0 saturated heterocycles. The van der Waals surface area contributed by atoms with Crippen LogP contribution < -0.4 is 0 Å². The Morgan fingerprint density at radius 2 is 2.15 bits per heavy atom. The zero-order valence-corrected chi connectivity index (χ0v) is 13.0. The molecule has 0 N–H and O–H groups in total. The van der Waals surface area contributed by atoms with Gasteiger partial charge in [-0.15, -0.1) is 11.3 Å². The zero-order valence-electron chi connectivity index (χ0n) is 10.6. The summed E-state index contributed by atoms with van der Waals surface area (Å²) in [5.74, 6) is -0.265. The van der Waals surface area contributed by atoms with Crippen molar-refractivity contribution in [3.63, 3.8) is 0 Å². The third-order valence-corrected chi connectivity index (χ3v) is 3.81. The van der Waals surface area contributed by atoms with Crippen molar-refractivity contribution in [2.24, 2.45) is 0 Å². The number of thiophene rings is 1. The number of carbonyl (C=O) groups is 2. The van der Waals surface area contributed by atoms with Crippen LogP contribution >= 0.6 is 27.3 Å². The summed E-state index contributed by atoms with van der Waals surface area (Å²) in [4.78, 5) is 24.8. The minimum atomic E-state index is -0.584. The van der Waals surface area contributed by atoms with Crippen molar-refractivity contribution in [1.82, 2.24) is 0 Å². The van der Waals surface area contributed by atoms with Crippen molar-refractivity contribution in [3.05, 3.63) is 50.5 Å². The van der Waals surface area contributed by atoms with Gasteiger partial charge in [-0.25, -0.2) is 4.79 Å². The van der Waals surface area contributed by atoms with E-state index in [-0.39, 0.29) is 12.4 Å². The van der Waals surface area contributed by atoms with E-state index in [1.165, 1.54) is 23.5 Å². The number of Topliss-reactive ketones (excluding diaryl/α,β-unsaturated/α-hetero) is 1. The monoisotopic (exact) mass is 354 g/mol. The summed E-state index contributed by atoms with van der Waals surface area (Å²) in [5.41, 5.74) is 0. The number of esters is 1. The van der Waals surface area contributed by atoms with Gasteiger partial charge in [0.1, 0.15) is 5.76 Å². The molecule has 0 unspecified atom stereocenters. The molecular formula is C14H11BrO4S. The van der Waals surface area contributed by atoms with Gasteiger partial charge in [-0.1, -0.05) is 0 Å². The standard InChI is InChI=1S/C14H11BrO4S/c1-9-2-5-12(20-9)11(16)8-18-14(17)7-4-10-3-6-13(15)19-10/h2-7H,8H2,1H3/b7-4+. The lowest BCUT2D eigenvalue weighted by atomic mass is 10.3. The fourth-order valence-corrected chi connectivity index (χ4v) is 2.52. The first-order valence-corrected chi connectivity index (χ1v) is 7.35. The van der Waals surface area contributed by atoms with Crippen LogP contribution in [0.3, 0.4) is 0 Å². The second-order valence-corrected chi connectivity index (χ2v) is 5.99. The summed E-state index contributed by atoms with van der Waals surface area (Å²) >= 11 is 4.54. The summed E-state index contributed by atoms with van der Waals surface area (Å²) in [6, 6.07) is 7.00. The molecule has 2 heterocycles. The lowest BCUT2D eigenvalue weighted by Gasteiger charge is -1.99. The highest BCUT2D eigenvalue weighted by atomic mass is 79.9. The van der Waals surface area contributed by atoms with Crippen LogP contribution in [0.25, 0.3) is 6.08 Å². The largest absolute Gasteiger partial charge is 0.454 e. The van der Waals surface area contributed by atoms with Gasteiger partial charge < -0.3 is 9.15 Å². The van der Waals surface area contributed by atoms with Crippen molar-refractivity contribution in [3.8, 4) is 0 Å². The highest BCUT2D eigenvalue weighted by Gasteiger charge is 2.10. The SMILES string of the molecule is Cc1ccc(C(=O)COC(=O)/C=C/c2ccc(Br)o2)s1. The Morgan fingerprint density at radius 1 is 1.35 bits per heavy atom. The van der Waals surface area contributed by atoms with Gasteiger partial charge >= 0.3 is 5.97 Å². The van der Waals surface area contributed by atoms with Crippen LogP contribution in [0.1, 0.15) is 20.3 Å². The third kappa shape index (κ3) is 4.18. The topological polar surface area (TPSA) is 56.5 Å². The molecule has 20 heavy (non-hydrogen) atoms. The molecule has 0 atom stereocenters. The number of hydrogen-bond donors (Lipinski definition) is 0. The highest BCUT2D eigenvalue weighted by molar-refractivity contribution is 9.10. The summed E-state index contributed by atoms with van der Waals surface area (Å²) in [6.45, 7) is 1.66. The second kappa shape index (κ2) is 6.67. The number of aryl methyl sites for hydroxylation is 1. The molecule has 0 fully saturated rings. The van der Waals surface area contributed by atoms with E-state index in [1.54, 1.807) is 18.2 Å². The van der Waals surface area contributed by atoms with E-state index < -0.39 is 5.97 Å². The van der Waals surface area contributed by atoms with Crippen molar-refractivity contribution in [2.45, 2.75) is 6.92 Å². The van der Waals surface area contributed by atoms with E-state index in [1.807, 2.05) is 13.0 Å².